The molecule has 0 bridgehead atoms. The van der Waals surface area contributed by atoms with Crippen LogP contribution in [-0.4, -0.2) is 18.6 Å². The van der Waals surface area contributed by atoms with E-state index in [2.05, 4.69) is 17.1 Å². The molecule has 1 aliphatic heterocycles. The Labute approximate surface area is 114 Å². The number of rotatable bonds is 4. The van der Waals surface area contributed by atoms with Gasteiger partial charge in [0.15, 0.2) is 0 Å². The minimum atomic E-state index is -0.139. The average molecular weight is 267 g/mol. The number of hydrogen-bond acceptors (Lipinski definition) is 2. The van der Waals surface area contributed by atoms with Gasteiger partial charge in [0, 0.05) is 6.04 Å². The third-order valence-electron chi connectivity index (χ3n) is 3.87. The van der Waals surface area contributed by atoms with E-state index in [-0.39, 0.29) is 5.82 Å². The van der Waals surface area contributed by atoms with Gasteiger partial charge in [0.05, 0.1) is 0 Å². The third kappa shape index (κ3) is 3.48. The summed E-state index contributed by atoms with van der Waals surface area (Å²) in [6, 6.07) is 5.50. The summed E-state index contributed by atoms with van der Waals surface area (Å²) in [5, 5.41) is 3.40. The Kier molecular flexibility index (Phi) is 5.07. The molecule has 1 unspecified atom stereocenters. The molecule has 1 aliphatic rings. The van der Waals surface area contributed by atoms with E-state index in [0.717, 1.165) is 11.5 Å². The molecule has 0 saturated carbocycles. The average Bonchev–Trinajstić information content (AvgIpc) is 2.38. The molecule has 1 atom stereocenters. The maximum Gasteiger partial charge on any atom is 0.123 e. The largest absolute Gasteiger partial charge is 0.313 e. The molecule has 1 fully saturated rings. The van der Waals surface area contributed by atoms with Crippen molar-refractivity contribution in [1.82, 2.24) is 5.32 Å². The van der Waals surface area contributed by atoms with Crippen molar-refractivity contribution in [3.63, 3.8) is 0 Å². The molecule has 0 aromatic heterocycles. The highest BCUT2D eigenvalue weighted by molar-refractivity contribution is 7.99. The number of nitrogens with one attached hydrogen (secondary N) is 1. The lowest BCUT2D eigenvalue weighted by Gasteiger charge is -2.27. The number of hydrogen-bond donors (Lipinski definition) is 1. The predicted molar refractivity (Wildman–Crippen MR) is 77.6 cm³/mol. The van der Waals surface area contributed by atoms with Crippen LogP contribution in [0.25, 0.3) is 0 Å². The maximum atomic E-state index is 13.2. The standard InChI is InChI=1S/C15H22FNS/c1-11-9-13(16)3-4-14(11)15(17-2)10-12-5-7-18-8-6-12/h3-4,9,12,15,17H,5-8,10H2,1-2H3. The predicted octanol–water partition coefficient (Wildman–Crippen LogP) is 3.93. The SMILES string of the molecule is CNC(CC1CCSCC1)c1ccc(F)cc1C. The van der Waals surface area contributed by atoms with Crippen LogP contribution in [0.15, 0.2) is 18.2 Å². The van der Waals surface area contributed by atoms with Crippen LogP contribution in [0, 0.1) is 18.7 Å². The first-order valence-corrected chi connectivity index (χ1v) is 7.87. The van der Waals surface area contributed by atoms with Crippen LogP contribution < -0.4 is 5.32 Å². The first kappa shape index (κ1) is 13.9. The van der Waals surface area contributed by atoms with Crippen molar-refractivity contribution in [2.24, 2.45) is 5.92 Å². The summed E-state index contributed by atoms with van der Waals surface area (Å²) in [6.45, 7) is 2.00. The molecule has 1 nitrogen and oxygen atoms in total. The van der Waals surface area contributed by atoms with Crippen molar-refractivity contribution in [2.45, 2.75) is 32.2 Å². The van der Waals surface area contributed by atoms with Crippen LogP contribution in [0.4, 0.5) is 4.39 Å². The minimum Gasteiger partial charge on any atom is -0.313 e. The number of halogens is 1. The molecule has 1 aromatic rings. The fourth-order valence-electron chi connectivity index (χ4n) is 2.75. The van der Waals surface area contributed by atoms with Crippen LogP contribution >= 0.6 is 11.8 Å². The van der Waals surface area contributed by atoms with E-state index in [1.54, 1.807) is 12.1 Å². The van der Waals surface area contributed by atoms with Gasteiger partial charge in [-0.2, -0.15) is 11.8 Å². The van der Waals surface area contributed by atoms with E-state index >= 15 is 0 Å². The van der Waals surface area contributed by atoms with E-state index in [1.807, 2.05) is 20.0 Å². The Bertz CT molecular complexity index is 388. The Morgan fingerprint density at radius 2 is 2.11 bits per heavy atom. The summed E-state index contributed by atoms with van der Waals surface area (Å²) in [7, 11) is 2.01. The van der Waals surface area contributed by atoms with Crippen LogP contribution in [0.1, 0.15) is 36.4 Å². The van der Waals surface area contributed by atoms with E-state index < -0.39 is 0 Å². The van der Waals surface area contributed by atoms with Gasteiger partial charge in [0.25, 0.3) is 0 Å². The van der Waals surface area contributed by atoms with Gasteiger partial charge in [-0.1, -0.05) is 6.07 Å². The normalized spacial score (nSPS) is 18.8. The molecule has 0 radical (unpaired) electrons. The van der Waals surface area contributed by atoms with Gasteiger partial charge < -0.3 is 5.32 Å². The zero-order valence-corrected chi connectivity index (χ0v) is 12.0. The molecule has 1 heterocycles. The van der Waals surface area contributed by atoms with E-state index in [1.165, 1.54) is 36.3 Å². The molecule has 0 aliphatic carbocycles. The van der Waals surface area contributed by atoms with Crippen molar-refractivity contribution in [3.8, 4) is 0 Å². The molecule has 2 rings (SSSR count). The highest BCUT2D eigenvalue weighted by Gasteiger charge is 2.20. The molecule has 100 valence electrons. The van der Waals surface area contributed by atoms with Gasteiger partial charge >= 0.3 is 0 Å². The first-order chi connectivity index (χ1) is 8.70. The van der Waals surface area contributed by atoms with Crippen molar-refractivity contribution in [3.05, 3.63) is 35.1 Å². The van der Waals surface area contributed by atoms with Gasteiger partial charge in [-0.05, 0) is 73.9 Å². The summed E-state index contributed by atoms with van der Waals surface area (Å²) in [6.07, 6.45) is 3.82. The molecule has 1 N–H and O–H groups in total. The highest BCUT2D eigenvalue weighted by Crippen LogP contribution is 2.32. The Morgan fingerprint density at radius 3 is 2.72 bits per heavy atom. The van der Waals surface area contributed by atoms with Gasteiger partial charge in [-0.3, -0.25) is 0 Å². The second kappa shape index (κ2) is 6.58. The Hall–Kier alpha value is -0.540. The molecule has 0 amide bonds. The van der Waals surface area contributed by atoms with E-state index in [9.17, 15) is 4.39 Å². The molecule has 1 aromatic carbocycles. The van der Waals surface area contributed by atoms with Crippen LogP contribution in [0.3, 0.4) is 0 Å². The summed E-state index contributed by atoms with van der Waals surface area (Å²) in [5.74, 6) is 3.26. The van der Waals surface area contributed by atoms with Crippen molar-refractivity contribution in [1.29, 1.82) is 0 Å². The summed E-state index contributed by atoms with van der Waals surface area (Å²) in [5.41, 5.74) is 2.30. The lowest BCUT2D eigenvalue weighted by Crippen LogP contribution is -2.22. The summed E-state index contributed by atoms with van der Waals surface area (Å²) >= 11 is 2.06. The lowest BCUT2D eigenvalue weighted by molar-refractivity contribution is 0.383. The maximum absolute atomic E-state index is 13.2. The summed E-state index contributed by atoms with van der Waals surface area (Å²) < 4.78 is 13.2. The van der Waals surface area contributed by atoms with Gasteiger partial charge in [-0.25, -0.2) is 4.39 Å². The zero-order valence-electron chi connectivity index (χ0n) is 11.2. The van der Waals surface area contributed by atoms with Crippen molar-refractivity contribution < 1.29 is 4.39 Å². The fraction of sp³-hybridized carbons (Fsp3) is 0.600. The molecular formula is C15H22FNS. The Morgan fingerprint density at radius 1 is 1.39 bits per heavy atom. The highest BCUT2D eigenvalue weighted by atomic mass is 32.2. The molecule has 18 heavy (non-hydrogen) atoms. The number of aryl methyl sites for hydroxylation is 1. The Balaban J connectivity index is 2.07. The molecule has 0 spiro atoms. The smallest absolute Gasteiger partial charge is 0.123 e. The van der Waals surface area contributed by atoms with Crippen molar-refractivity contribution in [2.75, 3.05) is 18.6 Å². The molecule has 1 saturated heterocycles. The quantitative estimate of drug-likeness (QED) is 0.887. The topological polar surface area (TPSA) is 12.0 Å². The fourth-order valence-corrected chi connectivity index (χ4v) is 3.95. The minimum absolute atomic E-state index is 0.139. The lowest BCUT2D eigenvalue weighted by atomic mass is 9.89. The third-order valence-corrected chi connectivity index (χ3v) is 4.91. The molecule has 3 heteroatoms. The second-order valence-electron chi connectivity index (χ2n) is 5.13. The zero-order chi connectivity index (χ0) is 13.0. The number of benzene rings is 1. The van der Waals surface area contributed by atoms with E-state index in [0.29, 0.717) is 6.04 Å². The van der Waals surface area contributed by atoms with Crippen LogP contribution in [-0.2, 0) is 0 Å². The monoisotopic (exact) mass is 267 g/mol. The first-order valence-electron chi connectivity index (χ1n) is 6.71. The molecular weight excluding hydrogens is 245 g/mol. The van der Waals surface area contributed by atoms with E-state index in [4.69, 9.17) is 0 Å². The van der Waals surface area contributed by atoms with Gasteiger partial charge in [0.1, 0.15) is 5.82 Å². The summed E-state index contributed by atoms with van der Waals surface area (Å²) in [4.78, 5) is 0. The van der Waals surface area contributed by atoms with Crippen molar-refractivity contribution >= 4 is 11.8 Å². The second-order valence-corrected chi connectivity index (χ2v) is 6.36. The van der Waals surface area contributed by atoms with Crippen LogP contribution in [0.5, 0.6) is 0 Å². The number of thioether (sulfide) groups is 1. The van der Waals surface area contributed by atoms with Crippen LogP contribution in [0.2, 0.25) is 0 Å². The van der Waals surface area contributed by atoms with Gasteiger partial charge in [0.2, 0.25) is 0 Å². The van der Waals surface area contributed by atoms with Gasteiger partial charge in [-0.15, -0.1) is 0 Å².